The molecule has 1 saturated carbocycles. The summed E-state index contributed by atoms with van der Waals surface area (Å²) in [6.07, 6.45) is 5.22. The number of halogens is 1. The number of rotatable bonds is 3. The normalized spacial score (nSPS) is 20.3. The van der Waals surface area contributed by atoms with Gasteiger partial charge in [-0.25, -0.2) is 0 Å². The van der Waals surface area contributed by atoms with E-state index in [1.807, 2.05) is 12.1 Å². The fourth-order valence-electron chi connectivity index (χ4n) is 3.31. The molecule has 1 saturated heterocycles. The number of nitrogens with zero attached hydrogens (tertiary/aromatic N) is 2. The van der Waals surface area contributed by atoms with Crippen LogP contribution in [0.15, 0.2) is 24.3 Å². The van der Waals surface area contributed by atoms with Crippen LogP contribution in [0.2, 0.25) is 5.02 Å². The summed E-state index contributed by atoms with van der Waals surface area (Å²) in [5, 5.41) is 5.35. The number of hydrogen-bond donors (Lipinski definition) is 1. The number of hydrogen-bond acceptors (Lipinski definition) is 2. The molecule has 120 valence electrons. The highest BCUT2D eigenvalue weighted by atomic mass is 35.5. The third-order valence-corrected chi connectivity index (χ3v) is 5.44. The lowest BCUT2D eigenvalue weighted by molar-refractivity contribution is 0.174. The molecule has 3 rings (SSSR count). The van der Waals surface area contributed by atoms with Crippen LogP contribution in [-0.4, -0.2) is 47.1 Å². The second kappa shape index (κ2) is 7.62. The van der Waals surface area contributed by atoms with Gasteiger partial charge in [-0.05, 0) is 36.7 Å². The zero-order chi connectivity index (χ0) is 15.4. The second-order valence-electron chi connectivity index (χ2n) is 6.29. The van der Waals surface area contributed by atoms with E-state index in [1.165, 1.54) is 31.2 Å². The van der Waals surface area contributed by atoms with E-state index in [0.717, 1.165) is 42.9 Å². The van der Waals surface area contributed by atoms with E-state index >= 15 is 0 Å². The van der Waals surface area contributed by atoms with Gasteiger partial charge in [-0.3, -0.25) is 4.90 Å². The lowest BCUT2D eigenvalue weighted by Gasteiger charge is -2.37. The van der Waals surface area contributed by atoms with Crippen LogP contribution in [0.4, 0.5) is 0 Å². The minimum Gasteiger partial charge on any atom is -0.360 e. The van der Waals surface area contributed by atoms with Crippen LogP contribution in [0.1, 0.15) is 31.2 Å². The first-order valence-corrected chi connectivity index (χ1v) is 9.02. The smallest absolute Gasteiger partial charge is 0.169 e. The number of piperazine rings is 1. The predicted octanol–water partition coefficient (Wildman–Crippen LogP) is 3.27. The summed E-state index contributed by atoms with van der Waals surface area (Å²) >= 11 is 11.8. The molecule has 0 unspecified atom stereocenters. The van der Waals surface area contributed by atoms with Crippen LogP contribution >= 0.6 is 23.8 Å². The molecule has 2 fully saturated rings. The van der Waals surface area contributed by atoms with Gasteiger partial charge in [0.05, 0.1) is 0 Å². The molecule has 1 N–H and O–H groups in total. The molecule has 5 heteroatoms. The maximum Gasteiger partial charge on any atom is 0.169 e. The van der Waals surface area contributed by atoms with E-state index in [4.69, 9.17) is 23.8 Å². The van der Waals surface area contributed by atoms with Crippen LogP contribution in [0.3, 0.4) is 0 Å². The number of nitrogens with one attached hydrogen (secondary N) is 1. The molecule has 1 aromatic carbocycles. The van der Waals surface area contributed by atoms with Gasteiger partial charge in [-0.15, -0.1) is 0 Å². The summed E-state index contributed by atoms with van der Waals surface area (Å²) in [5.74, 6) is 0. The first-order valence-electron chi connectivity index (χ1n) is 8.23. The molecule has 0 bridgehead atoms. The Bertz CT molecular complexity index is 508. The fourth-order valence-corrected chi connectivity index (χ4v) is 3.86. The van der Waals surface area contributed by atoms with Gasteiger partial charge in [0.1, 0.15) is 0 Å². The summed E-state index contributed by atoms with van der Waals surface area (Å²) in [7, 11) is 0. The Morgan fingerprint density at radius 1 is 1.14 bits per heavy atom. The number of benzene rings is 1. The van der Waals surface area contributed by atoms with E-state index in [0.29, 0.717) is 6.04 Å². The van der Waals surface area contributed by atoms with Crippen molar-refractivity contribution in [3.8, 4) is 0 Å². The van der Waals surface area contributed by atoms with E-state index in [9.17, 15) is 0 Å². The van der Waals surface area contributed by atoms with E-state index < -0.39 is 0 Å². The first kappa shape index (κ1) is 16.0. The molecule has 0 spiro atoms. The molecule has 1 aliphatic heterocycles. The lowest BCUT2D eigenvalue weighted by atomic mass is 10.2. The zero-order valence-corrected chi connectivity index (χ0v) is 14.5. The molecule has 22 heavy (non-hydrogen) atoms. The Labute approximate surface area is 143 Å². The molecular formula is C17H24ClN3S. The van der Waals surface area contributed by atoms with Crippen molar-refractivity contribution in [2.45, 2.75) is 38.3 Å². The van der Waals surface area contributed by atoms with E-state index in [1.54, 1.807) is 0 Å². The summed E-state index contributed by atoms with van der Waals surface area (Å²) < 4.78 is 0. The fraction of sp³-hybridized carbons (Fsp3) is 0.588. The van der Waals surface area contributed by atoms with Crippen LogP contribution < -0.4 is 5.32 Å². The van der Waals surface area contributed by atoms with Crippen molar-refractivity contribution in [2.75, 3.05) is 26.2 Å². The molecule has 1 heterocycles. The average Bonchev–Trinajstić information content (AvgIpc) is 3.03. The highest BCUT2D eigenvalue weighted by molar-refractivity contribution is 7.80. The Balaban J connectivity index is 1.45. The molecule has 0 aromatic heterocycles. The van der Waals surface area contributed by atoms with Gasteiger partial charge in [0, 0.05) is 43.8 Å². The standard InChI is InChI=1S/C17H24ClN3S/c18-16-8-4-1-5-14(16)13-20-9-11-21(12-10-20)17(22)19-15-6-2-3-7-15/h1,4-5,8,15H,2-3,6-7,9-13H2,(H,19,22). The summed E-state index contributed by atoms with van der Waals surface area (Å²) in [4.78, 5) is 4.77. The van der Waals surface area contributed by atoms with Gasteiger partial charge < -0.3 is 10.2 Å². The maximum atomic E-state index is 6.25. The van der Waals surface area contributed by atoms with Gasteiger partial charge >= 0.3 is 0 Å². The number of thiocarbonyl (C=S) groups is 1. The van der Waals surface area contributed by atoms with Crippen LogP contribution in [-0.2, 0) is 6.54 Å². The molecule has 0 atom stereocenters. The van der Waals surface area contributed by atoms with Crippen molar-refractivity contribution in [3.63, 3.8) is 0 Å². The molecule has 2 aliphatic rings. The van der Waals surface area contributed by atoms with E-state index in [-0.39, 0.29) is 0 Å². The molecule has 1 aliphatic carbocycles. The molecule has 1 aromatic rings. The molecular weight excluding hydrogens is 314 g/mol. The minimum absolute atomic E-state index is 0.605. The molecule has 0 amide bonds. The van der Waals surface area contributed by atoms with Gasteiger partial charge in [0.25, 0.3) is 0 Å². The van der Waals surface area contributed by atoms with Crippen molar-refractivity contribution < 1.29 is 0 Å². The van der Waals surface area contributed by atoms with Gasteiger partial charge in [-0.2, -0.15) is 0 Å². The topological polar surface area (TPSA) is 18.5 Å². The van der Waals surface area contributed by atoms with Gasteiger partial charge in [0.15, 0.2) is 5.11 Å². The lowest BCUT2D eigenvalue weighted by Crippen LogP contribution is -2.52. The Morgan fingerprint density at radius 2 is 1.82 bits per heavy atom. The highest BCUT2D eigenvalue weighted by Crippen LogP contribution is 2.19. The van der Waals surface area contributed by atoms with Crippen LogP contribution in [0.5, 0.6) is 0 Å². The Hall–Kier alpha value is -0.840. The van der Waals surface area contributed by atoms with Crippen molar-refractivity contribution in [3.05, 3.63) is 34.9 Å². The van der Waals surface area contributed by atoms with Crippen molar-refractivity contribution >= 4 is 28.9 Å². The third kappa shape index (κ3) is 4.12. The second-order valence-corrected chi connectivity index (χ2v) is 7.08. The molecule has 3 nitrogen and oxygen atoms in total. The van der Waals surface area contributed by atoms with Crippen molar-refractivity contribution in [1.82, 2.24) is 15.1 Å². The Morgan fingerprint density at radius 3 is 2.50 bits per heavy atom. The SMILES string of the molecule is S=C(NC1CCCC1)N1CCN(Cc2ccccc2Cl)CC1. The minimum atomic E-state index is 0.605. The summed E-state index contributed by atoms with van der Waals surface area (Å²) in [6, 6.07) is 8.72. The summed E-state index contributed by atoms with van der Waals surface area (Å²) in [5.41, 5.74) is 1.21. The molecule has 0 radical (unpaired) electrons. The first-order chi connectivity index (χ1) is 10.7. The van der Waals surface area contributed by atoms with Gasteiger partial charge in [0.2, 0.25) is 0 Å². The quantitative estimate of drug-likeness (QED) is 0.853. The average molecular weight is 338 g/mol. The zero-order valence-electron chi connectivity index (χ0n) is 12.9. The van der Waals surface area contributed by atoms with Gasteiger partial charge in [-0.1, -0.05) is 42.6 Å². The Kier molecular flexibility index (Phi) is 5.55. The highest BCUT2D eigenvalue weighted by Gasteiger charge is 2.22. The van der Waals surface area contributed by atoms with Crippen molar-refractivity contribution in [1.29, 1.82) is 0 Å². The van der Waals surface area contributed by atoms with Crippen LogP contribution in [0, 0.1) is 0 Å². The predicted molar refractivity (Wildman–Crippen MR) is 96.3 cm³/mol. The van der Waals surface area contributed by atoms with Crippen LogP contribution in [0.25, 0.3) is 0 Å². The monoisotopic (exact) mass is 337 g/mol. The van der Waals surface area contributed by atoms with Crippen molar-refractivity contribution in [2.24, 2.45) is 0 Å². The largest absolute Gasteiger partial charge is 0.360 e. The summed E-state index contributed by atoms with van der Waals surface area (Å²) in [6.45, 7) is 5.01. The maximum absolute atomic E-state index is 6.25. The third-order valence-electron chi connectivity index (χ3n) is 4.69. The van der Waals surface area contributed by atoms with E-state index in [2.05, 4.69) is 27.2 Å².